The molecule has 0 saturated heterocycles. The van der Waals surface area contributed by atoms with E-state index in [-0.39, 0.29) is 17.3 Å². The smallest absolute Gasteiger partial charge is 0.280 e. The molecule has 0 atom stereocenters. The average Bonchev–Trinajstić information content (AvgIpc) is 3.07. The van der Waals surface area contributed by atoms with Gasteiger partial charge in [0, 0.05) is 16.6 Å². The zero-order valence-electron chi connectivity index (χ0n) is 13.7. The molecule has 2 heterocycles. The summed E-state index contributed by atoms with van der Waals surface area (Å²) >= 11 is 12.3. The van der Waals surface area contributed by atoms with Crippen LogP contribution in [0.2, 0.25) is 10.0 Å². The summed E-state index contributed by atoms with van der Waals surface area (Å²) in [5.74, 6) is 0.590. The van der Waals surface area contributed by atoms with Gasteiger partial charge in [-0.1, -0.05) is 34.4 Å². The Hall–Kier alpha value is -1.99. The molecule has 1 aliphatic rings. The first-order chi connectivity index (χ1) is 12.4. The third-order valence-electron chi connectivity index (χ3n) is 4.60. The van der Waals surface area contributed by atoms with Crippen molar-refractivity contribution < 1.29 is 13.3 Å². The molecule has 0 unspecified atom stereocenters. The summed E-state index contributed by atoms with van der Waals surface area (Å²) in [7, 11) is 0. The number of halogens is 4. The van der Waals surface area contributed by atoms with Crippen molar-refractivity contribution >= 4 is 23.2 Å². The highest BCUT2D eigenvalue weighted by Crippen LogP contribution is 2.54. The van der Waals surface area contributed by atoms with Gasteiger partial charge < -0.3 is 4.52 Å². The van der Waals surface area contributed by atoms with Crippen molar-refractivity contribution in [3.05, 3.63) is 51.4 Å². The van der Waals surface area contributed by atoms with Gasteiger partial charge in [0.1, 0.15) is 5.69 Å². The monoisotopic (exact) mass is 398 g/mol. The van der Waals surface area contributed by atoms with Crippen LogP contribution in [-0.2, 0) is 12.0 Å². The lowest BCUT2D eigenvalue weighted by molar-refractivity contribution is 0.139. The fourth-order valence-corrected chi connectivity index (χ4v) is 3.69. The largest absolute Gasteiger partial charge is 0.332 e. The van der Waals surface area contributed by atoms with Crippen LogP contribution >= 0.6 is 23.2 Å². The molecule has 0 N–H and O–H groups in total. The minimum Gasteiger partial charge on any atom is -0.332 e. The highest BCUT2D eigenvalue weighted by atomic mass is 35.5. The summed E-state index contributed by atoms with van der Waals surface area (Å²) in [5, 5.41) is 9.28. The highest BCUT2D eigenvalue weighted by Gasteiger charge is 2.51. The third kappa shape index (κ3) is 2.79. The number of benzene rings is 1. The second-order valence-electron chi connectivity index (χ2n) is 6.20. The van der Waals surface area contributed by atoms with E-state index >= 15 is 0 Å². The molecule has 5 nitrogen and oxygen atoms in total. The molecular weight excluding hydrogens is 385 g/mol. The maximum Gasteiger partial charge on any atom is 0.280 e. The average molecular weight is 399 g/mol. The van der Waals surface area contributed by atoms with Crippen molar-refractivity contribution in [3.8, 4) is 11.6 Å². The van der Waals surface area contributed by atoms with Gasteiger partial charge >= 0.3 is 0 Å². The molecule has 26 heavy (non-hydrogen) atoms. The maximum absolute atomic E-state index is 13.1. The fourth-order valence-electron chi connectivity index (χ4n) is 3.10. The molecular formula is C17H14Cl2F2N4O. The van der Waals surface area contributed by atoms with E-state index in [1.165, 1.54) is 10.7 Å². The Balaban J connectivity index is 1.71. The molecule has 9 heteroatoms. The molecule has 0 aliphatic heterocycles. The third-order valence-corrected chi connectivity index (χ3v) is 5.15. The van der Waals surface area contributed by atoms with Crippen LogP contribution in [0.25, 0.3) is 11.6 Å². The molecule has 0 radical (unpaired) electrons. The SMILES string of the molecule is CCn1nc(-c2nc(C3(c4ccc(Cl)cc4Cl)CC3)no2)cc1C(F)F. The number of nitrogens with zero attached hydrogens (tertiary/aromatic N) is 4. The minimum absolute atomic E-state index is 0.116. The minimum atomic E-state index is -2.62. The van der Waals surface area contributed by atoms with E-state index in [9.17, 15) is 8.78 Å². The van der Waals surface area contributed by atoms with E-state index in [1.54, 1.807) is 19.1 Å². The standard InChI is InChI=1S/C17H14Cl2F2N4O/c1-2-25-13(14(20)21)8-12(23-25)15-22-16(24-26-15)17(5-6-17)10-4-3-9(18)7-11(10)19/h3-4,7-8,14H,2,5-6H2,1H3. The van der Waals surface area contributed by atoms with Crippen molar-refractivity contribution in [2.75, 3.05) is 0 Å². The maximum atomic E-state index is 13.1. The van der Waals surface area contributed by atoms with Gasteiger partial charge in [-0.05, 0) is 43.5 Å². The molecule has 136 valence electrons. The van der Waals surface area contributed by atoms with E-state index in [4.69, 9.17) is 27.7 Å². The normalized spacial score (nSPS) is 15.6. The van der Waals surface area contributed by atoms with Crippen LogP contribution < -0.4 is 0 Å². The van der Waals surface area contributed by atoms with Gasteiger partial charge in [-0.2, -0.15) is 10.1 Å². The van der Waals surface area contributed by atoms with Crippen molar-refractivity contribution in [1.29, 1.82) is 0 Å². The molecule has 0 spiro atoms. The van der Waals surface area contributed by atoms with Gasteiger partial charge in [-0.25, -0.2) is 8.78 Å². The predicted octanol–water partition coefficient (Wildman–Crippen LogP) is 5.28. The molecule has 1 aromatic carbocycles. The zero-order valence-corrected chi connectivity index (χ0v) is 15.2. The van der Waals surface area contributed by atoms with Gasteiger partial charge in [-0.15, -0.1) is 0 Å². The Bertz CT molecular complexity index is 966. The quantitative estimate of drug-likeness (QED) is 0.586. The van der Waals surface area contributed by atoms with Gasteiger partial charge in [0.15, 0.2) is 11.5 Å². The Morgan fingerprint density at radius 1 is 1.27 bits per heavy atom. The number of hydrogen-bond donors (Lipinski definition) is 0. The number of aryl methyl sites for hydroxylation is 1. The van der Waals surface area contributed by atoms with Gasteiger partial charge in [-0.3, -0.25) is 4.68 Å². The predicted molar refractivity (Wildman–Crippen MR) is 92.6 cm³/mol. The number of hydrogen-bond acceptors (Lipinski definition) is 4. The van der Waals surface area contributed by atoms with Crippen LogP contribution in [0.1, 0.15) is 43.3 Å². The molecule has 3 aromatic rings. The van der Waals surface area contributed by atoms with Gasteiger partial charge in [0.25, 0.3) is 12.3 Å². The summed E-state index contributed by atoms with van der Waals surface area (Å²) in [5.41, 5.74) is 0.508. The Kier molecular flexibility index (Phi) is 4.23. The molecule has 2 aromatic heterocycles. The van der Waals surface area contributed by atoms with Crippen molar-refractivity contribution in [2.45, 2.75) is 38.2 Å². The molecule has 0 amide bonds. The Labute approximate surface area is 157 Å². The van der Waals surface area contributed by atoms with Crippen LogP contribution in [0.5, 0.6) is 0 Å². The summed E-state index contributed by atoms with van der Waals surface area (Å²) in [4.78, 5) is 4.41. The lowest BCUT2D eigenvalue weighted by Gasteiger charge is -2.13. The van der Waals surface area contributed by atoms with Crippen LogP contribution in [-0.4, -0.2) is 19.9 Å². The van der Waals surface area contributed by atoms with E-state index < -0.39 is 11.8 Å². The first-order valence-electron chi connectivity index (χ1n) is 8.10. The summed E-state index contributed by atoms with van der Waals surface area (Å²) in [6.45, 7) is 2.06. The number of aromatic nitrogens is 4. The second-order valence-corrected chi connectivity index (χ2v) is 7.04. The zero-order chi connectivity index (χ0) is 18.5. The van der Waals surface area contributed by atoms with E-state index in [0.717, 1.165) is 18.4 Å². The fraction of sp³-hybridized carbons (Fsp3) is 0.353. The number of rotatable bonds is 5. The number of alkyl halides is 2. The van der Waals surface area contributed by atoms with E-state index in [2.05, 4.69) is 15.2 Å². The molecule has 4 rings (SSSR count). The van der Waals surface area contributed by atoms with E-state index in [1.807, 2.05) is 6.07 Å². The Morgan fingerprint density at radius 2 is 2.04 bits per heavy atom. The summed E-state index contributed by atoms with van der Waals surface area (Å²) in [6, 6.07) is 6.58. The van der Waals surface area contributed by atoms with Crippen molar-refractivity contribution in [1.82, 2.24) is 19.9 Å². The first kappa shape index (κ1) is 17.4. The van der Waals surface area contributed by atoms with Gasteiger partial charge in [0.05, 0.1) is 5.41 Å². The first-order valence-corrected chi connectivity index (χ1v) is 8.86. The van der Waals surface area contributed by atoms with Crippen LogP contribution in [0.4, 0.5) is 8.78 Å². The second kappa shape index (κ2) is 6.32. The topological polar surface area (TPSA) is 56.7 Å². The molecule has 1 fully saturated rings. The lowest BCUT2D eigenvalue weighted by atomic mass is 9.95. The molecule has 1 aliphatic carbocycles. The highest BCUT2D eigenvalue weighted by molar-refractivity contribution is 6.35. The molecule has 0 bridgehead atoms. The van der Waals surface area contributed by atoms with Crippen molar-refractivity contribution in [3.63, 3.8) is 0 Å². The van der Waals surface area contributed by atoms with Gasteiger partial charge in [0.2, 0.25) is 0 Å². The van der Waals surface area contributed by atoms with Crippen molar-refractivity contribution in [2.24, 2.45) is 0 Å². The Morgan fingerprint density at radius 3 is 2.62 bits per heavy atom. The summed E-state index contributed by atoms with van der Waals surface area (Å²) < 4.78 is 32.7. The van der Waals surface area contributed by atoms with Crippen LogP contribution in [0.3, 0.4) is 0 Å². The van der Waals surface area contributed by atoms with Crippen LogP contribution in [0.15, 0.2) is 28.8 Å². The molecule has 1 saturated carbocycles. The lowest BCUT2D eigenvalue weighted by Crippen LogP contribution is -2.11. The van der Waals surface area contributed by atoms with E-state index in [0.29, 0.717) is 22.4 Å². The van der Waals surface area contributed by atoms with Crippen LogP contribution in [0, 0.1) is 0 Å². The summed E-state index contributed by atoms with van der Waals surface area (Å²) in [6.07, 6.45) is -0.987.